The van der Waals surface area contributed by atoms with Crippen molar-refractivity contribution in [3.8, 4) is 0 Å². The zero-order valence-electron chi connectivity index (χ0n) is 11.5. The highest BCUT2D eigenvalue weighted by Gasteiger charge is 2.32. The Morgan fingerprint density at radius 2 is 2.05 bits per heavy atom. The van der Waals surface area contributed by atoms with Gasteiger partial charge < -0.3 is 4.74 Å². The topological polar surface area (TPSA) is 89.5 Å². The van der Waals surface area contributed by atoms with Gasteiger partial charge in [0.15, 0.2) is 0 Å². The summed E-state index contributed by atoms with van der Waals surface area (Å²) in [6, 6.07) is 1.75. The van der Waals surface area contributed by atoms with Gasteiger partial charge in [-0.25, -0.2) is 8.42 Å². The van der Waals surface area contributed by atoms with Crippen LogP contribution >= 0.6 is 11.3 Å². The summed E-state index contributed by atoms with van der Waals surface area (Å²) in [4.78, 5) is 23.0. The molecule has 0 unspecified atom stereocenters. The van der Waals surface area contributed by atoms with Crippen LogP contribution < -0.4 is 4.72 Å². The van der Waals surface area contributed by atoms with Gasteiger partial charge in [0.25, 0.3) is 0 Å². The number of carbonyl (C=O) groups excluding carboxylic acids is 2. The van der Waals surface area contributed by atoms with Crippen LogP contribution in [0.3, 0.4) is 0 Å². The Kier molecular flexibility index (Phi) is 5.70. The molecule has 2 atom stereocenters. The van der Waals surface area contributed by atoms with E-state index in [0.29, 0.717) is 0 Å². The van der Waals surface area contributed by atoms with Crippen LogP contribution in [0.2, 0.25) is 0 Å². The summed E-state index contributed by atoms with van der Waals surface area (Å²) in [7, 11) is -2.73. The van der Waals surface area contributed by atoms with Crippen molar-refractivity contribution < 1.29 is 22.7 Å². The van der Waals surface area contributed by atoms with E-state index in [2.05, 4.69) is 4.74 Å². The van der Waals surface area contributed by atoms with Gasteiger partial charge in [0.05, 0.1) is 24.7 Å². The Labute approximate surface area is 122 Å². The fourth-order valence-electron chi connectivity index (χ4n) is 1.51. The lowest BCUT2D eigenvalue weighted by molar-refractivity contribution is -0.144. The highest BCUT2D eigenvalue weighted by atomic mass is 32.2. The molecular formula is C12H17NO5S2. The molecule has 1 N–H and O–H groups in total. The van der Waals surface area contributed by atoms with Crippen molar-refractivity contribution in [3.05, 3.63) is 22.4 Å². The first-order valence-electron chi connectivity index (χ1n) is 5.91. The number of ether oxygens (including phenoxy) is 1. The molecule has 0 radical (unpaired) electrons. The monoisotopic (exact) mass is 319 g/mol. The molecule has 0 aliphatic rings. The van der Waals surface area contributed by atoms with Gasteiger partial charge in [0.1, 0.15) is 0 Å². The van der Waals surface area contributed by atoms with Crippen LogP contribution in [0, 0.1) is 5.92 Å². The lowest BCUT2D eigenvalue weighted by Crippen LogP contribution is -2.42. The SMILES string of the molecule is COC(=O)[C@H](C)[C@H](C)S(=O)(=O)NC(=O)Cc1ccsc1. The quantitative estimate of drug-likeness (QED) is 0.788. The van der Waals surface area contributed by atoms with Crippen LogP contribution in [0.15, 0.2) is 16.8 Å². The molecule has 1 amide bonds. The summed E-state index contributed by atoms with van der Waals surface area (Å²) in [5.74, 6) is -2.10. The average Bonchev–Trinajstić information content (AvgIpc) is 2.87. The first-order valence-corrected chi connectivity index (χ1v) is 8.40. The minimum Gasteiger partial charge on any atom is -0.469 e. The number of nitrogens with one attached hydrogen (secondary N) is 1. The minimum absolute atomic E-state index is 0.0119. The molecule has 20 heavy (non-hydrogen) atoms. The normalized spacial score (nSPS) is 14.3. The second kappa shape index (κ2) is 6.85. The largest absolute Gasteiger partial charge is 0.469 e. The molecule has 0 aliphatic heterocycles. The molecule has 6 nitrogen and oxygen atoms in total. The van der Waals surface area contributed by atoms with Gasteiger partial charge in [-0.2, -0.15) is 11.3 Å². The molecule has 0 fully saturated rings. The van der Waals surface area contributed by atoms with Crippen molar-refractivity contribution in [3.63, 3.8) is 0 Å². The Morgan fingerprint density at radius 1 is 1.40 bits per heavy atom. The van der Waals surface area contributed by atoms with E-state index in [4.69, 9.17) is 0 Å². The van der Waals surface area contributed by atoms with Crippen LogP contribution in [0.25, 0.3) is 0 Å². The summed E-state index contributed by atoms with van der Waals surface area (Å²) in [6.07, 6.45) is -0.0119. The van der Waals surface area contributed by atoms with E-state index in [0.717, 1.165) is 5.56 Å². The molecule has 112 valence electrons. The number of carbonyl (C=O) groups is 2. The Balaban J connectivity index is 2.69. The highest BCUT2D eigenvalue weighted by Crippen LogP contribution is 2.13. The zero-order valence-corrected chi connectivity index (χ0v) is 13.1. The molecule has 0 saturated carbocycles. The van der Waals surface area contributed by atoms with Crippen LogP contribution in [-0.4, -0.2) is 32.7 Å². The summed E-state index contributed by atoms with van der Waals surface area (Å²) in [5.41, 5.74) is 0.747. The number of hydrogen-bond donors (Lipinski definition) is 1. The number of thiophene rings is 1. The summed E-state index contributed by atoms with van der Waals surface area (Å²) < 4.78 is 30.5. The first-order chi connectivity index (χ1) is 9.27. The van der Waals surface area contributed by atoms with Crippen LogP contribution in [0.4, 0.5) is 0 Å². The first kappa shape index (κ1) is 16.6. The fraction of sp³-hybridized carbons (Fsp3) is 0.500. The van der Waals surface area contributed by atoms with Crippen molar-refractivity contribution >= 4 is 33.2 Å². The number of methoxy groups -OCH3 is 1. The van der Waals surface area contributed by atoms with Crippen LogP contribution in [0.1, 0.15) is 19.4 Å². The number of sulfonamides is 1. The van der Waals surface area contributed by atoms with E-state index >= 15 is 0 Å². The average molecular weight is 319 g/mol. The molecule has 1 heterocycles. The molecule has 0 spiro atoms. The van der Waals surface area contributed by atoms with E-state index in [1.807, 2.05) is 4.72 Å². The Morgan fingerprint density at radius 3 is 2.55 bits per heavy atom. The van der Waals surface area contributed by atoms with Gasteiger partial charge in [0, 0.05) is 0 Å². The van der Waals surface area contributed by atoms with E-state index in [1.54, 1.807) is 16.8 Å². The van der Waals surface area contributed by atoms with Gasteiger partial charge in [-0.15, -0.1) is 0 Å². The number of rotatable bonds is 6. The van der Waals surface area contributed by atoms with Gasteiger partial charge >= 0.3 is 5.97 Å². The molecule has 0 aliphatic carbocycles. The third-order valence-electron chi connectivity index (χ3n) is 2.97. The van der Waals surface area contributed by atoms with Gasteiger partial charge in [-0.3, -0.25) is 14.3 Å². The van der Waals surface area contributed by atoms with Gasteiger partial charge in [-0.1, -0.05) is 6.92 Å². The van der Waals surface area contributed by atoms with E-state index in [-0.39, 0.29) is 6.42 Å². The molecule has 0 aromatic carbocycles. The predicted molar refractivity (Wildman–Crippen MR) is 75.7 cm³/mol. The lowest BCUT2D eigenvalue weighted by Gasteiger charge is -2.18. The second-order valence-electron chi connectivity index (χ2n) is 4.40. The third kappa shape index (κ3) is 4.31. The van der Waals surface area contributed by atoms with Crippen molar-refractivity contribution in [2.45, 2.75) is 25.5 Å². The molecule has 8 heteroatoms. The molecule has 1 aromatic heterocycles. The second-order valence-corrected chi connectivity index (χ2v) is 7.21. The van der Waals surface area contributed by atoms with Crippen molar-refractivity contribution in [1.29, 1.82) is 0 Å². The minimum atomic E-state index is -3.91. The predicted octanol–water partition coefficient (Wildman–Crippen LogP) is 0.934. The van der Waals surface area contributed by atoms with Crippen molar-refractivity contribution in [2.24, 2.45) is 5.92 Å². The molecular weight excluding hydrogens is 302 g/mol. The maximum Gasteiger partial charge on any atom is 0.309 e. The summed E-state index contributed by atoms with van der Waals surface area (Å²) >= 11 is 1.43. The molecule has 0 bridgehead atoms. The van der Waals surface area contributed by atoms with E-state index in [1.165, 1.54) is 32.3 Å². The van der Waals surface area contributed by atoms with Crippen molar-refractivity contribution in [1.82, 2.24) is 4.72 Å². The van der Waals surface area contributed by atoms with E-state index < -0.39 is 33.1 Å². The highest BCUT2D eigenvalue weighted by molar-refractivity contribution is 7.90. The van der Waals surface area contributed by atoms with Crippen LogP contribution in [-0.2, 0) is 30.8 Å². The summed E-state index contributed by atoms with van der Waals surface area (Å²) in [5, 5.41) is 2.52. The molecule has 0 saturated heterocycles. The molecule has 1 aromatic rings. The molecule has 1 rings (SSSR count). The van der Waals surface area contributed by atoms with Gasteiger partial charge in [0.2, 0.25) is 15.9 Å². The van der Waals surface area contributed by atoms with E-state index in [9.17, 15) is 18.0 Å². The zero-order chi connectivity index (χ0) is 15.3. The number of hydrogen-bond acceptors (Lipinski definition) is 6. The van der Waals surface area contributed by atoms with Gasteiger partial charge in [-0.05, 0) is 29.3 Å². The van der Waals surface area contributed by atoms with Crippen molar-refractivity contribution in [2.75, 3.05) is 7.11 Å². The Bertz CT molecular complexity index is 565. The maximum absolute atomic E-state index is 12.0. The number of esters is 1. The third-order valence-corrected chi connectivity index (χ3v) is 5.60. The standard InChI is InChI=1S/C12H17NO5S2/c1-8(12(15)18-3)9(2)20(16,17)13-11(14)6-10-4-5-19-7-10/h4-5,7-9H,6H2,1-3H3,(H,13,14)/t8-,9+/m1/s1. The number of amides is 1. The maximum atomic E-state index is 12.0. The Hall–Kier alpha value is -1.41. The smallest absolute Gasteiger partial charge is 0.309 e. The fourth-order valence-corrected chi connectivity index (χ4v) is 3.41. The summed E-state index contributed by atoms with van der Waals surface area (Å²) in [6.45, 7) is 2.81. The van der Waals surface area contributed by atoms with Crippen LogP contribution in [0.5, 0.6) is 0 Å². The lowest BCUT2D eigenvalue weighted by atomic mass is 10.1.